The van der Waals surface area contributed by atoms with E-state index in [0.29, 0.717) is 11.6 Å². The molecule has 1 fully saturated rings. The quantitative estimate of drug-likeness (QED) is 0.700. The van der Waals surface area contributed by atoms with Gasteiger partial charge in [0, 0.05) is 6.20 Å². The topological polar surface area (TPSA) is 12.9 Å². The van der Waals surface area contributed by atoms with Crippen LogP contribution in [0.3, 0.4) is 0 Å². The Kier molecular flexibility index (Phi) is 2.55. The van der Waals surface area contributed by atoms with E-state index in [1.54, 1.807) is 12.3 Å². The summed E-state index contributed by atoms with van der Waals surface area (Å²) in [6.07, 6.45) is 5.02. The number of hydrogen-bond acceptors (Lipinski definition) is 1. The lowest BCUT2D eigenvalue weighted by molar-refractivity contribution is 0.499. The fourth-order valence-corrected chi connectivity index (χ4v) is 1.38. The minimum absolute atomic E-state index is 0.263. The number of nitrogens with zero attached hydrogens (tertiary/aromatic N) is 1. The highest BCUT2D eigenvalue weighted by atomic mass is 19.4. The number of pyridine rings is 1. The third-order valence-corrected chi connectivity index (χ3v) is 2.34. The van der Waals surface area contributed by atoms with Crippen LogP contribution in [0.5, 0.6) is 0 Å². The van der Waals surface area contributed by atoms with Crippen LogP contribution in [0.4, 0.5) is 12.9 Å². The van der Waals surface area contributed by atoms with Crippen LogP contribution in [0.1, 0.15) is 30.0 Å². The fourth-order valence-electron chi connectivity index (χ4n) is 1.38. The Labute approximate surface area is 86.1 Å². The summed E-state index contributed by atoms with van der Waals surface area (Å²) in [7, 11) is 0. The molecule has 1 saturated carbocycles. The SMILES string of the molecule is F[B-](F)(F)/C=C/c1ccc(C2CC2)cn1. The van der Waals surface area contributed by atoms with E-state index in [9.17, 15) is 12.9 Å². The molecule has 1 nitrogen and oxygen atoms in total. The zero-order chi connectivity index (χ0) is 10.9. The van der Waals surface area contributed by atoms with Crippen LogP contribution in [0.25, 0.3) is 6.08 Å². The van der Waals surface area contributed by atoms with Crippen molar-refractivity contribution in [3.8, 4) is 0 Å². The van der Waals surface area contributed by atoms with Gasteiger partial charge in [-0.1, -0.05) is 12.1 Å². The van der Waals surface area contributed by atoms with Crippen molar-refractivity contribution in [2.45, 2.75) is 18.8 Å². The number of halogens is 3. The predicted molar refractivity (Wildman–Crippen MR) is 54.3 cm³/mol. The van der Waals surface area contributed by atoms with Crippen molar-refractivity contribution in [2.75, 3.05) is 0 Å². The first-order chi connectivity index (χ1) is 7.04. The zero-order valence-electron chi connectivity index (χ0n) is 8.04. The Bertz CT molecular complexity index is 365. The minimum atomic E-state index is -4.86. The largest absolute Gasteiger partial charge is 0.502 e. The van der Waals surface area contributed by atoms with Crippen LogP contribution in [-0.4, -0.2) is 12.0 Å². The van der Waals surface area contributed by atoms with Crippen LogP contribution in [0.2, 0.25) is 0 Å². The first-order valence-corrected chi connectivity index (χ1v) is 4.90. The molecule has 0 N–H and O–H groups in total. The van der Waals surface area contributed by atoms with Crippen molar-refractivity contribution in [1.29, 1.82) is 0 Å². The average molecular weight is 212 g/mol. The van der Waals surface area contributed by atoms with Gasteiger partial charge in [0.25, 0.3) is 0 Å². The molecule has 0 unspecified atom stereocenters. The first kappa shape index (κ1) is 10.3. The molecule has 15 heavy (non-hydrogen) atoms. The van der Waals surface area contributed by atoms with Gasteiger partial charge in [-0.05, 0) is 30.4 Å². The molecule has 0 aliphatic heterocycles. The van der Waals surface area contributed by atoms with Crippen molar-refractivity contribution < 1.29 is 12.9 Å². The van der Waals surface area contributed by atoms with Gasteiger partial charge in [0.1, 0.15) is 0 Å². The average Bonchev–Trinajstić information content (AvgIpc) is 2.98. The standard InChI is InChI=1S/C10H10BF3N/c12-11(13,14)6-5-10-4-3-9(7-15-10)8-1-2-8/h3-8H,1-2H2/q-1/b6-5+. The van der Waals surface area contributed by atoms with E-state index >= 15 is 0 Å². The van der Waals surface area contributed by atoms with Gasteiger partial charge >= 0.3 is 6.98 Å². The monoisotopic (exact) mass is 212 g/mol. The Morgan fingerprint density at radius 3 is 2.47 bits per heavy atom. The van der Waals surface area contributed by atoms with Crippen LogP contribution in [-0.2, 0) is 0 Å². The summed E-state index contributed by atoms with van der Waals surface area (Å²) in [5, 5.41) is 0. The van der Waals surface area contributed by atoms with Crippen LogP contribution in [0, 0.1) is 0 Å². The molecule has 0 spiro atoms. The molecule has 1 aromatic rings. The molecule has 0 amide bonds. The van der Waals surface area contributed by atoms with Crippen molar-refractivity contribution in [3.05, 3.63) is 35.6 Å². The van der Waals surface area contributed by atoms with Crippen molar-refractivity contribution >= 4 is 13.1 Å². The molecule has 0 saturated heterocycles. The van der Waals surface area contributed by atoms with Gasteiger partial charge in [0.2, 0.25) is 0 Å². The van der Waals surface area contributed by atoms with Crippen molar-refractivity contribution in [1.82, 2.24) is 4.98 Å². The molecule has 1 aliphatic carbocycles. The van der Waals surface area contributed by atoms with E-state index in [-0.39, 0.29) is 5.98 Å². The van der Waals surface area contributed by atoms with Crippen LogP contribution in [0.15, 0.2) is 24.3 Å². The second-order valence-electron chi connectivity index (χ2n) is 3.78. The zero-order valence-corrected chi connectivity index (χ0v) is 8.04. The predicted octanol–water partition coefficient (Wildman–Crippen LogP) is 3.36. The molecule has 1 aromatic heterocycles. The summed E-state index contributed by atoms with van der Waals surface area (Å²) in [4.78, 5) is 3.97. The summed E-state index contributed by atoms with van der Waals surface area (Å²) in [5.74, 6) is 0.849. The van der Waals surface area contributed by atoms with E-state index in [1.165, 1.54) is 12.8 Å². The molecule has 80 valence electrons. The number of aromatic nitrogens is 1. The molecule has 1 heterocycles. The molecular weight excluding hydrogens is 202 g/mol. The van der Waals surface area contributed by atoms with Crippen molar-refractivity contribution in [2.24, 2.45) is 0 Å². The van der Waals surface area contributed by atoms with Gasteiger partial charge in [-0.3, -0.25) is 4.98 Å². The van der Waals surface area contributed by atoms with Gasteiger partial charge in [-0.25, -0.2) is 0 Å². The van der Waals surface area contributed by atoms with E-state index in [0.717, 1.165) is 11.6 Å². The van der Waals surface area contributed by atoms with Gasteiger partial charge in [-0.15, -0.1) is 5.98 Å². The second kappa shape index (κ2) is 3.72. The maximum Gasteiger partial charge on any atom is 0.502 e. The molecule has 0 bridgehead atoms. The van der Waals surface area contributed by atoms with Gasteiger partial charge in [0.15, 0.2) is 0 Å². The van der Waals surface area contributed by atoms with E-state index in [1.807, 2.05) is 6.07 Å². The summed E-state index contributed by atoms with van der Waals surface area (Å²) < 4.78 is 35.7. The summed E-state index contributed by atoms with van der Waals surface area (Å²) in [6.45, 7) is -4.86. The Morgan fingerprint density at radius 2 is 2.00 bits per heavy atom. The molecule has 1 aliphatic rings. The lowest BCUT2D eigenvalue weighted by Crippen LogP contribution is -2.09. The molecule has 5 heteroatoms. The maximum atomic E-state index is 11.9. The lowest BCUT2D eigenvalue weighted by Gasteiger charge is -2.06. The Hall–Kier alpha value is -1.26. The fraction of sp³-hybridized carbons (Fsp3) is 0.300. The highest BCUT2D eigenvalue weighted by molar-refractivity contribution is 6.64. The summed E-state index contributed by atoms with van der Waals surface area (Å²) in [5.41, 5.74) is 1.49. The lowest BCUT2D eigenvalue weighted by atomic mass is 9.91. The van der Waals surface area contributed by atoms with Gasteiger partial charge in [0.05, 0.1) is 5.69 Å². The van der Waals surface area contributed by atoms with Gasteiger partial charge < -0.3 is 12.9 Å². The smallest absolute Gasteiger partial charge is 0.445 e. The number of rotatable bonds is 3. The molecule has 2 rings (SSSR count). The van der Waals surface area contributed by atoms with Gasteiger partial charge in [-0.2, -0.15) is 0 Å². The molecular formula is C10H10BF3N-. The van der Waals surface area contributed by atoms with E-state index in [2.05, 4.69) is 4.98 Å². The van der Waals surface area contributed by atoms with Crippen molar-refractivity contribution in [3.63, 3.8) is 0 Å². The summed E-state index contributed by atoms with van der Waals surface area (Å²) in [6, 6.07) is 3.49. The first-order valence-electron chi connectivity index (χ1n) is 4.90. The molecule has 0 atom stereocenters. The third kappa shape index (κ3) is 3.11. The van der Waals surface area contributed by atoms with Crippen LogP contribution < -0.4 is 0 Å². The van der Waals surface area contributed by atoms with E-state index < -0.39 is 6.98 Å². The maximum absolute atomic E-state index is 11.9. The highest BCUT2D eigenvalue weighted by Gasteiger charge is 2.23. The minimum Gasteiger partial charge on any atom is -0.445 e. The van der Waals surface area contributed by atoms with E-state index in [4.69, 9.17) is 0 Å². The molecule has 0 radical (unpaired) electrons. The number of hydrogen-bond donors (Lipinski definition) is 0. The molecule has 0 aromatic carbocycles. The summed E-state index contributed by atoms with van der Waals surface area (Å²) >= 11 is 0. The second-order valence-corrected chi connectivity index (χ2v) is 3.78. The highest BCUT2D eigenvalue weighted by Crippen LogP contribution is 2.39. The third-order valence-electron chi connectivity index (χ3n) is 2.34. The normalized spacial score (nSPS) is 17.3. The van der Waals surface area contributed by atoms with Crippen LogP contribution >= 0.6 is 0 Å². The Morgan fingerprint density at radius 1 is 1.27 bits per heavy atom. The Balaban J connectivity index is 2.06.